The third-order valence-electron chi connectivity index (χ3n) is 3.89. The van der Waals surface area contributed by atoms with Crippen LogP contribution in [0.15, 0.2) is 36.5 Å². The molecule has 0 radical (unpaired) electrons. The summed E-state index contributed by atoms with van der Waals surface area (Å²) in [5.74, 6) is 0.886. The van der Waals surface area contributed by atoms with Crippen LogP contribution in [0.5, 0.6) is 0 Å². The van der Waals surface area contributed by atoms with Crippen LogP contribution >= 0.6 is 0 Å². The Morgan fingerprint density at radius 1 is 1.00 bits per heavy atom. The molecule has 0 unspecified atom stereocenters. The Hall–Kier alpha value is -2.07. The molecule has 1 aliphatic rings. The Labute approximate surface area is 139 Å². The zero-order valence-electron chi connectivity index (χ0n) is 14.6. The molecule has 1 fully saturated rings. The lowest BCUT2D eigenvalue weighted by molar-refractivity contribution is 0.122. The minimum Gasteiger partial charge on any atom is -0.378 e. The molecule has 1 N–H and O–H groups in total. The van der Waals surface area contributed by atoms with Gasteiger partial charge in [0.2, 0.25) is 0 Å². The zero-order valence-corrected chi connectivity index (χ0v) is 14.6. The maximum Gasteiger partial charge on any atom is 0.130 e. The van der Waals surface area contributed by atoms with E-state index in [2.05, 4.69) is 59.4 Å². The molecular weight excluding hydrogens is 286 g/mol. The topological polar surface area (TPSA) is 37.4 Å². The van der Waals surface area contributed by atoms with Crippen LogP contribution in [0.3, 0.4) is 0 Å². The molecule has 0 atom stereocenters. The standard InChI is InChI=1S/C17H21N3O.C2H6/c1-13-11-17(18-12-14(13)2)19-15-3-5-16(6-4-15)20-7-9-21-10-8-20;1-2/h3-6,11-12H,7-10H2,1-2H3,(H,18,19);1-2H3. The van der Waals surface area contributed by atoms with E-state index in [0.717, 1.165) is 37.8 Å². The first kappa shape index (κ1) is 17.3. The van der Waals surface area contributed by atoms with Gasteiger partial charge in [0.05, 0.1) is 13.2 Å². The van der Waals surface area contributed by atoms with Crippen molar-refractivity contribution in [2.75, 3.05) is 36.5 Å². The van der Waals surface area contributed by atoms with Crippen LogP contribution in [0, 0.1) is 13.8 Å². The summed E-state index contributed by atoms with van der Waals surface area (Å²) in [7, 11) is 0. The molecule has 3 rings (SSSR count). The van der Waals surface area contributed by atoms with Crippen molar-refractivity contribution >= 4 is 17.2 Å². The summed E-state index contributed by atoms with van der Waals surface area (Å²) in [5, 5.41) is 3.35. The third kappa shape index (κ3) is 4.70. The van der Waals surface area contributed by atoms with Crippen molar-refractivity contribution in [1.29, 1.82) is 0 Å². The van der Waals surface area contributed by atoms with Gasteiger partial charge in [0.25, 0.3) is 0 Å². The van der Waals surface area contributed by atoms with Crippen molar-refractivity contribution in [3.63, 3.8) is 0 Å². The SMILES string of the molecule is CC.Cc1cnc(Nc2ccc(N3CCOCC3)cc2)cc1C. The van der Waals surface area contributed by atoms with Crippen molar-refractivity contribution in [3.8, 4) is 0 Å². The maximum absolute atomic E-state index is 5.38. The summed E-state index contributed by atoms with van der Waals surface area (Å²) >= 11 is 0. The molecule has 0 aliphatic carbocycles. The van der Waals surface area contributed by atoms with Crippen LogP contribution in [0.4, 0.5) is 17.2 Å². The van der Waals surface area contributed by atoms with Crippen LogP contribution in [0.25, 0.3) is 0 Å². The Morgan fingerprint density at radius 3 is 2.26 bits per heavy atom. The van der Waals surface area contributed by atoms with Crippen LogP contribution in [-0.2, 0) is 4.74 Å². The summed E-state index contributed by atoms with van der Waals surface area (Å²) in [4.78, 5) is 6.76. The van der Waals surface area contributed by atoms with Gasteiger partial charge in [-0.1, -0.05) is 13.8 Å². The largest absolute Gasteiger partial charge is 0.378 e. The average Bonchev–Trinajstić information content (AvgIpc) is 2.61. The van der Waals surface area contributed by atoms with Crippen LogP contribution in [0.1, 0.15) is 25.0 Å². The van der Waals surface area contributed by atoms with Crippen LogP contribution in [0.2, 0.25) is 0 Å². The zero-order chi connectivity index (χ0) is 16.7. The lowest BCUT2D eigenvalue weighted by atomic mass is 10.2. The molecular formula is C19H27N3O. The second kappa shape index (κ2) is 8.53. The number of aromatic nitrogens is 1. The van der Waals surface area contributed by atoms with Crippen molar-refractivity contribution in [3.05, 3.63) is 47.7 Å². The molecule has 23 heavy (non-hydrogen) atoms. The molecule has 124 valence electrons. The minimum absolute atomic E-state index is 0.812. The molecule has 0 bridgehead atoms. The maximum atomic E-state index is 5.38. The average molecular weight is 313 g/mol. The number of anilines is 3. The molecule has 1 saturated heterocycles. The van der Waals surface area contributed by atoms with E-state index in [1.165, 1.54) is 16.8 Å². The van der Waals surface area contributed by atoms with E-state index in [0.29, 0.717) is 0 Å². The number of nitrogens with zero attached hydrogens (tertiary/aromatic N) is 2. The number of aryl methyl sites for hydroxylation is 2. The normalized spacial score (nSPS) is 14.0. The van der Waals surface area contributed by atoms with Gasteiger partial charge in [-0.2, -0.15) is 0 Å². The van der Waals surface area contributed by atoms with Gasteiger partial charge >= 0.3 is 0 Å². The van der Waals surface area contributed by atoms with Gasteiger partial charge in [0, 0.05) is 30.7 Å². The van der Waals surface area contributed by atoms with E-state index in [9.17, 15) is 0 Å². The van der Waals surface area contributed by atoms with E-state index in [4.69, 9.17) is 4.74 Å². The number of benzene rings is 1. The second-order valence-corrected chi connectivity index (χ2v) is 5.43. The second-order valence-electron chi connectivity index (χ2n) is 5.43. The highest BCUT2D eigenvalue weighted by Gasteiger charge is 2.10. The number of hydrogen-bond acceptors (Lipinski definition) is 4. The summed E-state index contributed by atoms with van der Waals surface area (Å²) in [6.45, 7) is 11.7. The molecule has 0 spiro atoms. The van der Waals surface area contributed by atoms with Crippen molar-refractivity contribution in [2.24, 2.45) is 0 Å². The van der Waals surface area contributed by atoms with Gasteiger partial charge in [-0.25, -0.2) is 4.98 Å². The first-order chi connectivity index (χ1) is 11.2. The van der Waals surface area contributed by atoms with Crippen molar-refractivity contribution in [2.45, 2.75) is 27.7 Å². The summed E-state index contributed by atoms with van der Waals surface area (Å²) in [5.41, 5.74) is 4.76. The molecule has 1 aliphatic heterocycles. The monoisotopic (exact) mass is 313 g/mol. The molecule has 0 saturated carbocycles. The third-order valence-corrected chi connectivity index (χ3v) is 3.89. The lowest BCUT2D eigenvalue weighted by Gasteiger charge is -2.28. The molecule has 2 aromatic rings. The molecule has 1 aromatic carbocycles. The molecule has 1 aromatic heterocycles. The molecule has 4 nitrogen and oxygen atoms in total. The molecule has 4 heteroatoms. The Bertz CT molecular complexity index is 605. The summed E-state index contributed by atoms with van der Waals surface area (Å²) in [6, 6.07) is 10.6. The fraction of sp³-hybridized carbons (Fsp3) is 0.421. The van der Waals surface area contributed by atoms with Gasteiger partial charge in [-0.3, -0.25) is 0 Å². The van der Waals surface area contributed by atoms with Crippen molar-refractivity contribution < 1.29 is 4.74 Å². The van der Waals surface area contributed by atoms with Crippen molar-refractivity contribution in [1.82, 2.24) is 4.98 Å². The number of hydrogen-bond donors (Lipinski definition) is 1. The Kier molecular flexibility index (Phi) is 6.41. The van der Waals surface area contributed by atoms with Crippen LogP contribution in [-0.4, -0.2) is 31.3 Å². The van der Waals surface area contributed by atoms with Gasteiger partial charge in [-0.15, -0.1) is 0 Å². The predicted molar refractivity (Wildman–Crippen MR) is 97.8 cm³/mol. The van der Waals surface area contributed by atoms with Gasteiger partial charge in [0.1, 0.15) is 5.82 Å². The van der Waals surface area contributed by atoms with Gasteiger partial charge in [0.15, 0.2) is 0 Å². The number of rotatable bonds is 3. The molecule has 2 heterocycles. The first-order valence-corrected chi connectivity index (χ1v) is 8.35. The lowest BCUT2D eigenvalue weighted by Crippen LogP contribution is -2.36. The number of pyridine rings is 1. The van der Waals surface area contributed by atoms with E-state index >= 15 is 0 Å². The smallest absolute Gasteiger partial charge is 0.130 e. The quantitative estimate of drug-likeness (QED) is 0.916. The van der Waals surface area contributed by atoms with E-state index in [1.807, 2.05) is 20.0 Å². The first-order valence-electron chi connectivity index (χ1n) is 8.35. The highest BCUT2D eigenvalue weighted by molar-refractivity contribution is 5.61. The van der Waals surface area contributed by atoms with E-state index < -0.39 is 0 Å². The number of nitrogens with one attached hydrogen (secondary N) is 1. The Balaban J connectivity index is 0.000000924. The fourth-order valence-electron chi connectivity index (χ4n) is 2.42. The van der Waals surface area contributed by atoms with Crippen LogP contribution < -0.4 is 10.2 Å². The van der Waals surface area contributed by atoms with Gasteiger partial charge in [-0.05, 0) is 55.3 Å². The highest BCUT2D eigenvalue weighted by atomic mass is 16.5. The summed E-state index contributed by atoms with van der Waals surface area (Å²) in [6.07, 6.45) is 1.90. The fourth-order valence-corrected chi connectivity index (χ4v) is 2.42. The highest BCUT2D eigenvalue weighted by Crippen LogP contribution is 2.21. The number of ether oxygens (including phenoxy) is 1. The summed E-state index contributed by atoms with van der Waals surface area (Å²) < 4.78 is 5.38. The van der Waals surface area contributed by atoms with E-state index in [-0.39, 0.29) is 0 Å². The molecule has 0 amide bonds. The Morgan fingerprint density at radius 2 is 1.65 bits per heavy atom. The predicted octanol–water partition coefficient (Wildman–Crippen LogP) is 4.30. The number of morpholine rings is 1. The minimum atomic E-state index is 0.812. The van der Waals surface area contributed by atoms with E-state index in [1.54, 1.807) is 0 Å². The van der Waals surface area contributed by atoms with Gasteiger partial charge < -0.3 is 15.0 Å².